The van der Waals surface area contributed by atoms with Crippen molar-refractivity contribution in [2.24, 2.45) is 5.41 Å². The van der Waals surface area contributed by atoms with Gasteiger partial charge in [-0.1, -0.05) is 30.7 Å². The highest BCUT2D eigenvalue weighted by atomic mass is 16.7. The van der Waals surface area contributed by atoms with Crippen molar-refractivity contribution in [2.75, 3.05) is 20.8 Å². The molecule has 1 aromatic rings. The summed E-state index contributed by atoms with van der Waals surface area (Å²) in [4.78, 5) is 0. The standard InChI is InChI=1S/C20H30O5/c1-6-7-14(2)20(3)18(17(12-21)25-19(20)23-5)24-13-15-8-10-16(22-4)11-9-15/h7-11,17-19,21H,6,12-13H2,1-5H3/b14-7+/t17-,18+,19+,20+/m1/s1. The number of methoxy groups -OCH3 is 2. The van der Waals surface area contributed by atoms with E-state index < -0.39 is 17.8 Å². The maximum atomic E-state index is 9.76. The second-order valence-corrected chi connectivity index (χ2v) is 6.58. The largest absolute Gasteiger partial charge is 0.497 e. The molecule has 0 bridgehead atoms. The minimum absolute atomic E-state index is 0.109. The molecule has 1 saturated heterocycles. The van der Waals surface area contributed by atoms with E-state index in [0.29, 0.717) is 6.61 Å². The number of ether oxygens (including phenoxy) is 4. The van der Waals surface area contributed by atoms with E-state index in [4.69, 9.17) is 18.9 Å². The van der Waals surface area contributed by atoms with Crippen LogP contribution in [0.2, 0.25) is 0 Å². The van der Waals surface area contributed by atoms with Gasteiger partial charge in [-0.3, -0.25) is 0 Å². The number of benzene rings is 1. The minimum Gasteiger partial charge on any atom is -0.497 e. The van der Waals surface area contributed by atoms with Crippen LogP contribution >= 0.6 is 0 Å². The molecule has 1 heterocycles. The zero-order valence-corrected chi connectivity index (χ0v) is 15.8. The van der Waals surface area contributed by atoms with Crippen molar-refractivity contribution < 1.29 is 24.1 Å². The predicted octanol–water partition coefficient (Wildman–Crippen LogP) is 3.31. The molecule has 25 heavy (non-hydrogen) atoms. The Balaban J connectivity index is 2.21. The lowest BCUT2D eigenvalue weighted by Gasteiger charge is -2.35. The van der Waals surface area contributed by atoms with E-state index in [1.807, 2.05) is 24.3 Å². The molecule has 0 aliphatic carbocycles. The monoisotopic (exact) mass is 350 g/mol. The van der Waals surface area contributed by atoms with E-state index in [1.165, 1.54) is 0 Å². The van der Waals surface area contributed by atoms with Crippen molar-refractivity contribution >= 4 is 0 Å². The number of hydrogen-bond donors (Lipinski definition) is 1. The zero-order valence-electron chi connectivity index (χ0n) is 15.8. The fourth-order valence-electron chi connectivity index (χ4n) is 3.46. The molecule has 0 unspecified atom stereocenters. The first-order valence-electron chi connectivity index (χ1n) is 8.72. The van der Waals surface area contributed by atoms with Crippen molar-refractivity contribution in [1.29, 1.82) is 0 Å². The Labute approximate surface area is 150 Å². The first-order valence-corrected chi connectivity index (χ1v) is 8.72. The molecular formula is C20H30O5. The SMILES string of the molecule is CC/C=C(\C)[C@]1(C)[C@@H](OC)O[C@H](CO)[C@@H]1OCc1ccc(OC)cc1. The number of hydrogen-bond acceptors (Lipinski definition) is 5. The molecule has 1 fully saturated rings. The Morgan fingerprint density at radius 2 is 1.96 bits per heavy atom. The molecule has 4 atom stereocenters. The third-order valence-corrected chi connectivity index (χ3v) is 5.06. The van der Waals surface area contributed by atoms with Crippen LogP contribution in [-0.2, 0) is 20.8 Å². The van der Waals surface area contributed by atoms with Crippen LogP contribution in [0.15, 0.2) is 35.9 Å². The van der Waals surface area contributed by atoms with E-state index in [-0.39, 0.29) is 12.7 Å². The summed E-state index contributed by atoms with van der Waals surface area (Å²) in [7, 11) is 3.27. The summed E-state index contributed by atoms with van der Waals surface area (Å²) in [5.41, 5.74) is 1.74. The average molecular weight is 350 g/mol. The van der Waals surface area contributed by atoms with Crippen molar-refractivity contribution in [2.45, 2.75) is 52.3 Å². The van der Waals surface area contributed by atoms with Crippen LogP contribution in [0.25, 0.3) is 0 Å². The molecule has 1 aromatic carbocycles. The van der Waals surface area contributed by atoms with Gasteiger partial charge in [-0.25, -0.2) is 0 Å². The first kappa shape index (κ1) is 19.9. The highest BCUT2D eigenvalue weighted by molar-refractivity contribution is 5.27. The Hall–Kier alpha value is -1.40. The fraction of sp³-hybridized carbons (Fsp3) is 0.600. The molecule has 0 radical (unpaired) electrons. The van der Waals surface area contributed by atoms with Gasteiger partial charge in [0.15, 0.2) is 6.29 Å². The van der Waals surface area contributed by atoms with Crippen molar-refractivity contribution in [1.82, 2.24) is 0 Å². The van der Waals surface area contributed by atoms with E-state index in [0.717, 1.165) is 23.3 Å². The van der Waals surface area contributed by atoms with Crippen LogP contribution < -0.4 is 4.74 Å². The summed E-state index contributed by atoms with van der Waals surface area (Å²) in [5, 5.41) is 9.76. The highest BCUT2D eigenvalue weighted by Crippen LogP contribution is 2.46. The third-order valence-electron chi connectivity index (χ3n) is 5.06. The van der Waals surface area contributed by atoms with Gasteiger partial charge >= 0.3 is 0 Å². The highest BCUT2D eigenvalue weighted by Gasteiger charge is 2.55. The second-order valence-electron chi connectivity index (χ2n) is 6.58. The van der Waals surface area contributed by atoms with E-state index in [2.05, 4.69) is 26.8 Å². The third kappa shape index (κ3) is 4.06. The van der Waals surface area contributed by atoms with E-state index >= 15 is 0 Å². The summed E-state index contributed by atoms with van der Waals surface area (Å²) >= 11 is 0. The van der Waals surface area contributed by atoms with Crippen LogP contribution in [0.3, 0.4) is 0 Å². The summed E-state index contributed by atoms with van der Waals surface area (Å²) in [6, 6.07) is 7.77. The maximum Gasteiger partial charge on any atom is 0.169 e. The Morgan fingerprint density at radius 1 is 1.28 bits per heavy atom. The molecule has 0 amide bonds. The van der Waals surface area contributed by atoms with Gasteiger partial charge in [-0.2, -0.15) is 0 Å². The van der Waals surface area contributed by atoms with Gasteiger partial charge in [0, 0.05) is 7.11 Å². The van der Waals surface area contributed by atoms with Gasteiger partial charge in [0.25, 0.3) is 0 Å². The van der Waals surface area contributed by atoms with Crippen LogP contribution in [-0.4, -0.2) is 44.4 Å². The van der Waals surface area contributed by atoms with Gasteiger partial charge in [0.2, 0.25) is 0 Å². The van der Waals surface area contributed by atoms with Crippen LogP contribution in [0.1, 0.15) is 32.8 Å². The molecule has 1 N–H and O–H groups in total. The van der Waals surface area contributed by atoms with Crippen LogP contribution in [0.4, 0.5) is 0 Å². The minimum atomic E-state index is -0.454. The average Bonchev–Trinajstić information content (AvgIpc) is 2.93. The smallest absolute Gasteiger partial charge is 0.169 e. The Kier molecular flexibility index (Phi) is 7.02. The van der Waals surface area contributed by atoms with Gasteiger partial charge in [0.1, 0.15) is 18.0 Å². The molecule has 0 saturated carbocycles. The molecule has 5 nitrogen and oxygen atoms in total. The van der Waals surface area contributed by atoms with Crippen molar-refractivity contribution in [3.05, 3.63) is 41.5 Å². The summed E-state index contributed by atoms with van der Waals surface area (Å²) < 4.78 is 22.9. The van der Waals surface area contributed by atoms with Gasteiger partial charge in [-0.05, 0) is 38.0 Å². The summed E-state index contributed by atoms with van der Waals surface area (Å²) in [6.45, 7) is 6.57. The van der Waals surface area contributed by atoms with Crippen molar-refractivity contribution in [3.63, 3.8) is 0 Å². The van der Waals surface area contributed by atoms with Gasteiger partial charge in [-0.15, -0.1) is 0 Å². The summed E-state index contributed by atoms with van der Waals surface area (Å²) in [5.74, 6) is 0.812. The summed E-state index contributed by atoms with van der Waals surface area (Å²) in [6.07, 6.45) is 1.92. The molecule has 1 aliphatic heterocycles. The molecular weight excluding hydrogens is 320 g/mol. The zero-order chi connectivity index (χ0) is 18.4. The number of aliphatic hydroxyl groups is 1. The van der Waals surface area contributed by atoms with Gasteiger partial charge < -0.3 is 24.1 Å². The van der Waals surface area contributed by atoms with Crippen LogP contribution in [0, 0.1) is 5.41 Å². The first-order chi connectivity index (χ1) is 12.0. The van der Waals surface area contributed by atoms with E-state index in [9.17, 15) is 5.11 Å². The number of allylic oxidation sites excluding steroid dienone is 1. The normalized spacial score (nSPS) is 29.8. The van der Waals surface area contributed by atoms with Crippen molar-refractivity contribution in [3.8, 4) is 5.75 Å². The Morgan fingerprint density at radius 3 is 2.48 bits per heavy atom. The lowest BCUT2D eigenvalue weighted by atomic mass is 9.76. The number of aliphatic hydroxyl groups excluding tert-OH is 1. The lowest BCUT2D eigenvalue weighted by Crippen LogP contribution is -2.43. The molecule has 2 rings (SSSR count). The van der Waals surface area contributed by atoms with Crippen LogP contribution in [0.5, 0.6) is 5.75 Å². The fourth-order valence-corrected chi connectivity index (χ4v) is 3.46. The van der Waals surface area contributed by atoms with E-state index in [1.54, 1.807) is 14.2 Å². The quantitative estimate of drug-likeness (QED) is 0.729. The molecule has 0 spiro atoms. The second kappa shape index (κ2) is 8.81. The molecule has 140 valence electrons. The van der Waals surface area contributed by atoms with Gasteiger partial charge in [0.05, 0.1) is 25.7 Å². The molecule has 0 aromatic heterocycles. The Bertz CT molecular complexity index is 568. The molecule has 1 aliphatic rings. The lowest BCUT2D eigenvalue weighted by molar-refractivity contribution is -0.151. The predicted molar refractivity (Wildman–Crippen MR) is 96.5 cm³/mol. The molecule has 5 heteroatoms. The number of rotatable bonds is 8. The maximum absolute atomic E-state index is 9.76. The topological polar surface area (TPSA) is 57.2 Å².